The molecule has 9 heteroatoms. The van der Waals surface area contributed by atoms with Gasteiger partial charge in [-0.25, -0.2) is 0 Å². The van der Waals surface area contributed by atoms with Crippen molar-refractivity contribution in [3.05, 3.63) is 47.0 Å². The van der Waals surface area contributed by atoms with Gasteiger partial charge in [0.15, 0.2) is 11.0 Å². The summed E-state index contributed by atoms with van der Waals surface area (Å²) < 4.78 is 6.79. The van der Waals surface area contributed by atoms with E-state index in [2.05, 4.69) is 16.8 Å². The summed E-state index contributed by atoms with van der Waals surface area (Å²) in [6, 6.07) is 6.09. The Hall–Kier alpha value is -2.68. The molecule has 8 nitrogen and oxygen atoms in total. The van der Waals surface area contributed by atoms with Crippen LogP contribution in [0.2, 0.25) is 0 Å². The van der Waals surface area contributed by atoms with Gasteiger partial charge in [-0.1, -0.05) is 17.8 Å². The van der Waals surface area contributed by atoms with E-state index in [0.29, 0.717) is 36.1 Å². The van der Waals surface area contributed by atoms with Crippen molar-refractivity contribution in [2.75, 3.05) is 6.61 Å². The number of nitro benzene ring substituents is 1. The average Bonchev–Trinajstić information content (AvgIpc) is 3.16. The molecule has 0 aliphatic carbocycles. The number of carbonyl (C=O) groups excluding carboxylic acids is 1. The molecular formula is C15H14N4O4S. The highest BCUT2D eigenvalue weighted by atomic mass is 32.2. The van der Waals surface area contributed by atoms with Crippen LogP contribution in [0.25, 0.3) is 11.4 Å². The predicted molar refractivity (Wildman–Crippen MR) is 87.5 cm³/mol. The van der Waals surface area contributed by atoms with Crippen LogP contribution in [0.15, 0.2) is 42.1 Å². The number of benzene rings is 1. The van der Waals surface area contributed by atoms with E-state index >= 15 is 0 Å². The zero-order valence-electron chi connectivity index (χ0n) is 12.6. The Morgan fingerprint density at radius 3 is 2.75 bits per heavy atom. The van der Waals surface area contributed by atoms with Crippen molar-refractivity contribution in [1.82, 2.24) is 14.8 Å². The standard InChI is InChI=1S/C15H14N4O4S/c1-2-8-18-13(10-3-5-11(6-4-10)19(21)22)16-17-15(18)24-12-7-9-23-14(12)20/h2-6,12H,1,7-9H2/t12-/m1/s1. The lowest BCUT2D eigenvalue weighted by Crippen LogP contribution is -2.11. The maximum Gasteiger partial charge on any atom is 0.319 e. The van der Waals surface area contributed by atoms with Gasteiger partial charge in [-0.15, -0.1) is 16.8 Å². The Balaban J connectivity index is 1.91. The van der Waals surface area contributed by atoms with Gasteiger partial charge in [0, 0.05) is 30.7 Å². The number of carbonyl (C=O) groups is 1. The van der Waals surface area contributed by atoms with E-state index < -0.39 is 4.92 Å². The smallest absolute Gasteiger partial charge is 0.319 e. The Labute approximate surface area is 141 Å². The largest absolute Gasteiger partial charge is 0.465 e. The number of ether oxygens (including phenoxy) is 1. The molecule has 1 aliphatic rings. The molecule has 1 atom stereocenters. The summed E-state index contributed by atoms with van der Waals surface area (Å²) in [4.78, 5) is 21.9. The maximum atomic E-state index is 11.6. The molecule has 0 spiro atoms. The topological polar surface area (TPSA) is 100 Å². The summed E-state index contributed by atoms with van der Waals surface area (Å²) in [6.45, 7) is 4.61. The fourth-order valence-electron chi connectivity index (χ4n) is 2.33. The molecule has 2 aromatic rings. The number of non-ortho nitro benzene ring substituents is 1. The Bertz CT molecular complexity index is 787. The normalized spacial score (nSPS) is 16.8. The van der Waals surface area contributed by atoms with E-state index in [1.54, 1.807) is 18.2 Å². The van der Waals surface area contributed by atoms with Gasteiger partial charge in [0.25, 0.3) is 5.69 Å². The predicted octanol–water partition coefficient (Wildman–Crippen LogP) is 2.45. The molecule has 0 N–H and O–H groups in total. The first-order valence-corrected chi connectivity index (χ1v) is 8.10. The minimum Gasteiger partial charge on any atom is -0.465 e. The lowest BCUT2D eigenvalue weighted by molar-refractivity contribution is -0.384. The second-order valence-corrected chi connectivity index (χ2v) is 6.24. The van der Waals surface area contributed by atoms with Crippen molar-refractivity contribution < 1.29 is 14.5 Å². The molecule has 1 aromatic carbocycles. The first-order chi connectivity index (χ1) is 11.6. The van der Waals surface area contributed by atoms with Crippen molar-refractivity contribution in [2.45, 2.75) is 23.4 Å². The molecule has 2 heterocycles. The number of thioether (sulfide) groups is 1. The first-order valence-electron chi connectivity index (χ1n) is 7.22. The second-order valence-electron chi connectivity index (χ2n) is 5.07. The number of allylic oxidation sites excluding steroid dienone is 1. The number of hydrogen-bond acceptors (Lipinski definition) is 7. The average molecular weight is 346 g/mol. The van der Waals surface area contributed by atoms with Gasteiger partial charge >= 0.3 is 5.97 Å². The van der Waals surface area contributed by atoms with E-state index in [-0.39, 0.29) is 16.9 Å². The van der Waals surface area contributed by atoms with Crippen LogP contribution in [-0.2, 0) is 16.1 Å². The third kappa shape index (κ3) is 3.16. The molecule has 1 fully saturated rings. The lowest BCUT2D eigenvalue weighted by Gasteiger charge is -2.09. The van der Waals surface area contributed by atoms with Crippen LogP contribution < -0.4 is 0 Å². The molecule has 124 valence electrons. The lowest BCUT2D eigenvalue weighted by atomic mass is 10.2. The number of rotatable bonds is 6. The van der Waals surface area contributed by atoms with Gasteiger partial charge in [0.1, 0.15) is 5.25 Å². The number of aromatic nitrogens is 3. The zero-order chi connectivity index (χ0) is 17.1. The molecule has 1 aliphatic heterocycles. The van der Waals surface area contributed by atoms with Crippen LogP contribution >= 0.6 is 11.8 Å². The number of hydrogen-bond donors (Lipinski definition) is 0. The summed E-state index contributed by atoms with van der Waals surface area (Å²) in [5.41, 5.74) is 0.715. The Morgan fingerprint density at radius 1 is 1.42 bits per heavy atom. The van der Waals surface area contributed by atoms with E-state index in [1.165, 1.54) is 23.9 Å². The molecule has 0 bridgehead atoms. The minimum absolute atomic E-state index is 0.0110. The van der Waals surface area contributed by atoms with Crippen LogP contribution in [0.5, 0.6) is 0 Å². The van der Waals surface area contributed by atoms with Crippen molar-refractivity contribution in [3.63, 3.8) is 0 Å². The van der Waals surface area contributed by atoms with Crippen molar-refractivity contribution in [1.29, 1.82) is 0 Å². The highest BCUT2D eigenvalue weighted by Gasteiger charge is 2.30. The molecule has 0 radical (unpaired) electrons. The molecule has 1 aromatic heterocycles. The van der Waals surface area contributed by atoms with Gasteiger partial charge < -0.3 is 4.74 Å². The molecule has 0 unspecified atom stereocenters. The fraction of sp³-hybridized carbons (Fsp3) is 0.267. The minimum atomic E-state index is -0.453. The van der Waals surface area contributed by atoms with Crippen molar-refractivity contribution >= 4 is 23.4 Å². The van der Waals surface area contributed by atoms with Gasteiger partial charge in [-0.3, -0.25) is 19.5 Å². The third-order valence-electron chi connectivity index (χ3n) is 3.50. The highest BCUT2D eigenvalue weighted by Crippen LogP contribution is 2.31. The summed E-state index contributed by atoms with van der Waals surface area (Å²) >= 11 is 1.31. The Morgan fingerprint density at radius 2 is 2.17 bits per heavy atom. The monoisotopic (exact) mass is 346 g/mol. The molecule has 0 amide bonds. The SMILES string of the molecule is C=CCn1c(S[C@@H]2CCOC2=O)nnc1-c1ccc([N+](=O)[O-])cc1. The van der Waals surface area contributed by atoms with Crippen molar-refractivity contribution in [3.8, 4) is 11.4 Å². The number of nitrogens with zero attached hydrogens (tertiary/aromatic N) is 4. The zero-order valence-corrected chi connectivity index (χ0v) is 13.4. The van der Waals surface area contributed by atoms with Crippen molar-refractivity contribution in [2.24, 2.45) is 0 Å². The third-order valence-corrected chi connectivity index (χ3v) is 4.73. The summed E-state index contributed by atoms with van der Waals surface area (Å²) in [7, 11) is 0. The fourth-order valence-corrected chi connectivity index (χ4v) is 3.34. The van der Waals surface area contributed by atoms with Gasteiger partial charge in [0.05, 0.1) is 11.5 Å². The van der Waals surface area contributed by atoms with Crippen LogP contribution in [0, 0.1) is 10.1 Å². The summed E-state index contributed by atoms with van der Waals surface area (Å²) in [6.07, 6.45) is 2.34. The van der Waals surface area contributed by atoms with E-state index in [1.807, 2.05) is 4.57 Å². The van der Waals surface area contributed by atoms with E-state index in [9.17, 15) is 14.9 Å². The van der Waals surface area contributed by atoms with Crippen LogP contribution in [0.1, 0.15) is 6.42 Å². The van der Waals surface area contributed by atoms with Crippen LogP contribution in [-0.4, -0.2) is 37.5 Å². The molecule has 0 saturated carbocycles. The molecular weight excluding hydrogens is 332 g/mol. The van der Waals surface area contributed by atoms with Gasteiger partial charge in [-0.05, 0) is 12.1 Å². The van der Waals surface area contributed by atoms with E-state index in [4.69, 9.17) is 4.74 Å². The highest BCUT2D eigenvalue weighted by molar-refractivity contribution is 8.00. The quantitative estimate of drug-likeness (QED) is 0.343. The summed E-state index contributed by atoms with van der Waals surface area (Å²) in [5, 5.41) is 19.4. The number of esters is 1. The van der Waals surface area contributed by atoms with Crippen LogP contribution in [0.4, 0.5) is 5.69 Å². The molecule has 24 heavy (non-hydrogen) atoms. The second kappa shape index (κ2) is 6.83. The molecule has 3 rings (SSSR count). The van der Waals surface area contributed by atoms with Gasteiger partial charge in [0.2, 0.25) is 0 Å². The summed E-state index contributed by atoms with van der Waals surface area (Å²) in [5.74, 6) is 0.323. The number of cyclic esters (lactones) is 1. The van der Waals surface area contributed by atoms with Crippen LogP contribution in [0.3, 0.4) is 0 Å². The maximum absolute atomic E-state index is 11.6. The first kappa shape index (κ1) is 16.2. The Kier molecular flexibility index (Phi) is 4.61. The number of nitro groups is 1. The van der Waals surface area contributed by atoms with E-state index in [0.717, 1.165) is 0 Å². The molecule has 1 saturated heterocycles. The van der Waals surface area contributed by atoms with Gasteiger partial charge in [-0.2, -0.15) is 0 Å².